The topological polar surface area (TPSA) is 13.1 Å². The van der Waals surface area contributed by atoms with Gasteiger partial charge in [0.2, 0.25) is 0 Å². The summed E-state index contributed by atoms with van der Waals surface area (Å²) in [6.07, 6.45) is 21.1. The summed E-state index contributed by atoms with van der Waals surface area (Å²) in [4.78, 5) is 1.49. The van der Waals surface area contributed by atoms with Crippen molar-refractivity contribution in [2.24, 2.45) is 0 Å². The van der Waals surface area contributed by atoms with Crippen LogP contribution in [-0.4, -0.2) is 18.8 Å². The van der Waals surface area contributed by atoms with Gasteiger partial charge in [-0.2, -0.15) is 0 Å². The third kappa shape index (κ3) is 13.0. The van der Waals surface area contributed by atoms with E-state index in [9.17, 15) is 0 Å². The highest BCUT2D eigenvalue weighted by molar-refractivity contribution is 8.32. The number of aryl methyl sites for hydroxylation is 7. The molecule has 0 saturated heterocycles. The number of allylic oxidation sites excluding steroid dienone is 4. The molecular formula is C77H82OS. The summed E-state index contributed by atoms with van der Waals surface area (Å²) in [5.41, 5.74) is 24.9. The Hall–Kier alpha value is -7.91. The molecule has 2 heteroatoms. The first kappa shape index (κ1) is 58.8. The van der Waals surface area contributed by atoms with Crippen molar-refractivity contribution in [1.29, 1.82) is 0 Å². The van der Waals surface area contributed by atoms with Crippen molar-refractivity contribution >= 4 is 33.8 Å². The van der Waals surface area contributed by atoms with E-state index in [0.717, 1.165) is 35.5 Å². The highest BCUT2D eigenvalue weighted by Crippen LogP contribution is 2.59. The number of hydrogen-bond acceptors (Lipinski definition) is 1. The summed E-state index contributed by atoms with van der Waals surface area (Å²) in [5, 5.41) is 0. The minimum Gasteiger partial charge on any atom is -0.465 e. The second-order valence-electron chi connectivity index (χ2n) is 21.3. The van der Waals surface area contributed by atoms with Gasteiger partial charge in [0, 0.05) is 11.1 Å². The Morgan fingerprint density at radius 2 is 1.06 bits per heavy atom. The summed E-state index contributed by atoms with van der Waals surface area (Å²) in [6, 6.07) is 66.1. The van der Waals surface area contributed by atoms with Crippen molar-refractivity contribution in [2.45, 2.75) is 85.5 Å². The van der Waals surface area contributed by atoms with Gasteiger partial charge in [0.15, 0.2) is 0 Å². The number of hydrogen-bond donors (Lipinski definition) is 0. The molecule has 1 aliphatic carbocycles. The van der Waals surface area contributed by atoms with Crippen LogP contribution in [0.1, 0.15) is 111 Å². The maximum Gasteiger partial charge on any atom is 0.109 e. The molecule has 0 bridgehead atoms. The van der Waals surface area contributed by atoms with E-state index >= 15 is 0 Å². The fourth-order valence-corrected chi connectivity index (χ4v) is 12.0. The molecule has 0 aliphatic heterocycles. The molecular weight excluding hydrogens is 973 g/mol. The largest absolute Gasteiger partial charge is 0.465 e. The van der Waals surface area contributed by atoms with Gasteiger partial charge in [-0.15, -0.1) is 0 Å². The molecule has 9 aromatic rings. The van der Waals surface area contributed by atoms with Crippen molar-refractivity contribution in [2.75, 3.05) is 18.8 Å². The van der Waals surface area contributed by atoms with Crippen LogP contribution in [0.5, 0.6) is 0 Å². The van der Waals surface area contributed by atoms with Gasteiger partial charge in [-0.1, -0.05) is 251 Å². The highest BCUT2D eigenvalue weighted by atomic mass is 32.3. The van der Waals surface area contributed by atoms with Gasteiger partial charge in [0.05, 0.1) is 5.41 Å². The van der Waals surface area contributed by atoms with Gasteiger partial charge in [0.25, 0.3) is 0 Å². The molecule has 0 amide bonds. The van der Waals surface area contributed by atoms with Crippen molar-refractivity contribution < 1.29 is 4.42 Å². The molecule has 0 saturated carbocycles. The molecule has 0 N–H and O–H groups in total. The molecule has 10 rings (SSSR count). The van der Waals surface area contributed by atoms with Crippen LogP contribution in [0.15, 0.2) is 229 Å². The molecule has 0 unspecified atom stereocenters. The Balaban J connectivity index is 0.000000177. The molecule has 0 radical (unpaired) electrons. The third-order valence-corrected chi connectivity index (χ3v) is 16.7. The summed E-state index contributed by atoms with van der Waals surface area (Å²) in [7, 11) is -0.520. The molecule has 1 nitrogen and oxygen atoms in total. The molecule has 402 valence electrons. The first-order valence-corrected chi connectivity index (χ1v) is 30.6. The molecule has 0 spiro atoms. The first-order chi connectivity index (χ1) is 38.0. The van der Waals surface area contributed by atoms with E-state index in [1.54, 1.807) is 6.08 Å². The van der Waals surface area contributed by atoms with Gasteiger partial charge in [-0.25, -0.2) is 10.0 Å². The number of rotatable bonds is 12. The van der Waals surface area contributed by atoms with Gasteiger partial charge < -0.3 is 4.42 Å². The van der Waals surface area contributed by atoms with Gasteiger partial charge in [0.1, 0.15) is 11.5 Å². The second-order valence-corrected chi connectivity index (χ2v) is 25.5. The van der Waals surface area contributed by atoms with E-state index < -0.39 is 15.4 Å². The summed E-state index contributed by atoms with van der Waals surface area (Å²) < 4.78 is 5.68. The van der Waals surface area contributed by atoms with E-state index in [2.05, 4.69) is 281 Å². The Kier molecular flexibility index (Phi) is 19.8. The predicted octanol–water partition coefficient (Wildman–Crippen LogP) is 21.8. The van der Waals surface area contributed by atoms with Crippen LogP contribution in [0.2, 0.25) is 0 Å². The van der Waals surface area contributed by atoms with E-state index in [-0.39, 0.29) is 0 Å². The van der Waals surface area contributed by atoms with Crippen LogP contribution >= 0.6 is 10.0 Å². The maximum absolute atomic E-state index is 5.68. The van der Waals surface area contributed by atoms with E-state index in [4.69, 9.17) is 4.42 Å². The van der Waals surface area contributed by atoms with Crippen LogP contribution in [0, 0.1) is 41.5 Å². The Morgan fingerprint density at radius 1 is 0.519 bits per heavy atom. The SMILES string of the molecule is C=C/C=C\c1c(C)oc(C)c1/C(C)=C\CC.C=Cc1c(-c2ccc(C)cc2)cc2c(c1C=C)-c1ccc(C)cc1C2(c1ccccc1)c1ccccc1.CCc1ccccc1-c1ccccc1C.Cc1ccc(S(C)(C)C)cc1. The average Bonchev–Trinajstić information content (AvgIpc) is 3.24. The first-order valence-electron chi connectivity index (χ1n) is 27.7. The van der Waals surface area contributed by atoms with Crippen molar-refractivity contribution in [1.82, 2.24) is 0 Å². The molecule has 1 aliphatic rings. The van der Waals surface area contributed by atoms with E-state index in [1.165, 1.54) is 105 Å². The minimum atomic E-state index is -0.520. The lowest BCUT2D eigenvalue weighted by molar-refractivity contribution is 0.503. The van der Waals surface area contributed by atoms with Gasteiger partial charge >= 0.3 is 0 Å². The van der Waals surface area contributed by atoms with Crippen molar-refractivity contribution in [3.05, 3.63) is 304 Å². The Labute approximate surface area is 476 Å². The fourth-order valence-electron chi connectivity index (χ4n) is 11.1. The zero-order valence-corrected chi connectivity index (χ0v) is 50.0. The van der Waals surface area contributed by atoms with Crippen molar-refractivity contribution in [3.8, 4) is 33.4 Å². The molecule has 79 heavy (non-hydrogen) atoms. The van der Waals surface area contributed by atoms with Gasteiger partial charge in [-0.05, 0) is 187 Å². The van der Waals surface area contributed by atoms with Crippen molar-refractivity contribution in [3.63, 3.8) is 0 Å². The van der Waals surface area contributed by atoms with Crippen LogP contribution < -0.4 is 0 Å². The maximum atomic E-state index is 5.68. The number of fused-ring (bicyclic) bond motifs is 3. The fraction of sp³-hybridized carbons (Fsp3) is 0.195. The average molecular weight is 1060 g/mol. The highest BCUT2D eigenvalue weighted by Gasteiger charge is 2.47. The number of furan rings is 1. The normalized spacial score (nSPS) is 12.4. The predicted molar refractivity (Wildman–Crippen MR) is 351 cm³/mol. The molecule has 0 fully saturated rings. The van der Waals surface area contributed by atoms with Crippen LogP contribution in [0.4, 0.5) is 0 Å². The lowest BCUT2D eigenvalue weighted by Gasteiger charge is -2.34. The van der Waals surface area contributed by atoms with Gasteiger partial charge in [-0.3, -0.25) is 0 Å². The summed E-state index contributed by atoms with van der Waals surface area (Å²) in [6.45, 7) is 31.3. The summed E-state index contributed by atoms with van der Waals surface area (Å²) in [5.74, 6) is 1.96. The van der Waals surface area contributed by atoms with Crippen LogP contribution in [0.3, 0.4) is 0 Å². The van der Waals surface area contributed by atoms with E-state index in [0.29, 0.717) is 0 Å². The zero-order valence-electron chi connectivity index (χ0n) is 49.1. The third-order valence-electron chi connectivity index (χ3n) is 15.0. The monoisotopic (exact) mass is 1050 g/mol. The molecule has 8 aromatic carbocycles. The number of benzene rings is 8. The molecule has 1 aromatic heterocycles. The molecule has 1 heterocycles. The Morgan fingerprint density at radius 3 is 1.61 bits per heavy atom. The lowest BCUT2D eigenvalue weighted by Crippen LogP contribution is -2.28. The van der Waals surface area contributed by atoms with Crippen LogP contribution in [0.25, 0.3) is 57.2 Å². The quantitative estimate of drug-likeness (QED) is 0.111. The Bertz CT molecular complexity index is 3550. The second kappa shape index (κ2) is 26.6. The zero-order chi connectivity index (χ0) is 56.9. The standard InChI is InChI=1S/C37H30.C15H20O.C15H16.C10H16S/c1-5-30-31(6-2)36-32-22-19-26(4)23-34(32)37(28-13-9-7-10-14-28,29-15-11-8-12-16-29)35(36)24-33(30)27-20-17-25(3)18-21-27;1-6-8-10-14-12(4)16-13(5)15(14)11(3)9-7-2;1-3-13-9-5-7-11-15(13)14-10-6-4-8-12(14)2;1-9-5-7-10(8-6-9)11(2,3)4/h5-24H,1-2H2,3-4H3;6,8-10H,1,7H2,2-5H3;4-11H,3H2,1-2H3;5-8H,1-4H3/b;10-8-,11-9-;;. The minimum absolute atomic E-state index is 0.448. The molecule has 0 atom stereocenters. The van der Waals surface area contributed by atoms with E-state index in [1.807, 2.05) is 32.1 Å². The smallest absolute Gasteiger partial charge is 0.109 e. The lowest BCUT2D eigenvalue weighted by atomic mass is 9.67. The van der Waals surface area contributed by atoms with Crippen LogP contribution in [-0.2, 0) is 11.8 Å². The summed E-state index contributed by atoms with van der Waals surface area (Å²) >= 11 is 0.